The Morgan fingerprint density at radius 1 is 1.19 bits per heavy atom. The Labute approximate surface area is 96.7 Å². The van der Waals surface area contributed by atoms with Crippen molar-refractivity contribution in [3.05, 3.63) is 30.3 Å². The quantitative estimate of drug-likeness (QED) is 0.582. The molecule has 0 bridgehead atoms. The van der Waals surface area contributed by atoms with Crippen molar-refractivity contribution >= 4 is 16.4 Å². The Kier molecular flexibility index (Phi) is 4.49. The molecule has 0 aromatic heterocycles. The van der Waals surface area contributed by atoms with Crippen molar-refractivity contribution in [3.63, 3.8) is 0 Å². The van der Waals surface area contributed by atoms with E-state index in [-0.39, 0.29) is 4.90 Å². The van der Waals surface area contributed by atoms with Gasteiger partial charge in [-0.3, -0.25) is 0 Å². The first-order valence-corrected chi connectivity index (χ1v) is 6.63. The van der Waals surface area contributed by atoms with E-state index in [1.165, 1.54) is 18.5 Å². The summed E-state index contributed by atoms with van der Waals surface area (Å²) in [7, 11) is -3.55. The van der Waals surface area contributed by atoms with Crippen molar-refractivity contribution in [2.24, 2.45) is 4.40 Å². The maximum absolute atomic E-state index is 11.7. The molecule has 1 rings (SSSR count). The fourth-order valence-electron chi connectivity index (χ4n) is 1.17. The number of benzene rings is 1. The first-order valence-electron chi connectivity index (χ1n) is 5.19. The van der Waals surface area contributed by atoms with Gasteiger partial charge in [0.2, 0.25) is 0 Å². The van der Waals surface area contributed by atoms with Gasteiger partial charge in [-0.25, -0.2) is 0 Å². The molecule has 0 radical (unpaired) electrons. The van der Waals surface area contributed by atoms with Crippen molar-refractivity contribution in [2.75, 3.05) is 13.1 Å². The van der Waals surface area contributed by atoms with Gasteiger partial charge in [0, 0.05) is 13.1 Å². The zero-order chi connectivity index (χ0) is 12.0. The first kappa shape index (κ1) is 12.7. The van der Waals surface area contributed by atoms with Crippen molar-refractivity contribution in [2.45, 2.75) is 18.7 Å². The Morgan fingerprint density at radius 3 is 2.25 bits per heavy atom. The summed E-state index contributed by atoms with van der Waals surface area (Å²) >= 11 is 0. The van der Waals surface area contributed by atoms with Crippen LogP contribution >= 0.6 is 0 Å². The van der Waals surface area contributed by atoms with E-state index in [0.29, 0.717) is 0 Å². The highest BCUT2D eigenvalue weighted by molar-refractivity contribution is 7.90. The Balaban J connectivity index is 2.89. The van der Waals surface area contributed by atoms with Crippen molar-refractivity contribution in [1.82, 2.24) is 4.90 Å². The maximum Gasteiger partial charge on any atom is 0.283 e. The molecule has 1 aromatic rings. The molecule has 5 heteroatoms. The van der Waals surface area contributed by atoms with Gasteiger partial charge < -0.3 is 4.90 Å². The van der Waals surface area contributed by atoms with Gasteiger partial charge in [-0.1, -0.05) is 18.2 Å². The summed E-state index contributed by atoms with van der Waals surface area (Å²) in [5, 5.41) is 0. The lowest BCUT2D eigenvalue weighted by Crippen LogP contribution is -2.21. The molecule has 0 aliphatic heterocycles. The molecular weight excluding hydrogens is 224 g/mol. The summed E-state index contributed by atoms with van der Waals surface area (Å²) in [5.41, 5.74) is 0. The molecule has 0 fully saturated rings. The molecule has 0 heterocycles. The number of rotatable bonds is 5. The zero-order valence-corrected chi connectivity index (χ0v) is 10.3. The highest BCUT2D eigenvalue weighted by Crippen LogP contribution is 2.10. The van der Waals surface area contributed by atoms with Gasteiger partial charge in [0.15, 0.2) is 0 Å². The summed E-state index contributed by atoms with van der Waals surface area (Å²) in [5.74, 6) is 0. The largest absolute Gasteiger partial charge is 0.362 e. The van der Waals surface area contributed by atoms with Crippen molar-refractivity contribution in [3.8, 4) is 0 Å². The van der Waals surface area contributed by atoms with Gasteiger partial charge in [0.25, 0.3) is 10.0 Å². The monoisotopic (exact) mass is 240 g/mol. The number of nitrogens with zero attached hydrogens (tertiary/aromatic N) is 2. The number of hydrogen-bond donors (Lipinski definition) is 0. The van der Waals surface area contributed by atoms with Crippen LogP contribution in [-0.4, -0.2) is 32.7 Å². The van der Waals surface area contributed by atoms with Crippen molar-refractivity contribution < 1.29 is 8.42 Å². The highest BCUT2D eigenvalue weighted by atomic mass is 32.2. The molecule has 1 aromatic carbocycles. The van der Waals surface area contributed by atoms with Crippen LogP contribution in [-0.2, 0) is 10.0 Å². The van der Waals surface area contributed by atoms with Gasteiger partial charge in [0.05, 0.1) is 4.90 Å². The van der Waals surface area contributed by atoms with Crippen LogP contribution < -0.4 is 0 Å². The standard InChI is InChI=1S/C11H16N2O2S/c1-3-13(4-2)10-12-16(14,15)11-8-6-5-7-9-11/h5-10H,3-4H2,1-2H3. The minimum absolute atomic E-state index is 0.221. The van der Waals surface area contributed by atoms with Crippen LogP contribution in [0.1, 0.15) is 13.8 Å². The van der Waals surface area contributed by atoms with Gasteiger partial charge in [0.1, 0.15) is 6.34 Å². The zero-order valence-electron chi connectivity index (χ0n) is 9.50. The second kappa shape index (κ2) is 5.65. The van der Waals surface area contributed by atoms with Crippen LogP contribution in [0.4, 0.5) is 0 Å². The minimum atomic E-state index is -3.55. The smallest absolute Gasteiger partial charge is 0.283 e. The van der Waals surface area contributed by atoms with Gasteiger partial charge in [-0.2, -0.15) is 8.42 Å². The number of sulfonamides is 1. The Bertz CT molecular complexity index is 436. The van der Waals surface area contributed by atoms with E-state index in [4.69, 9.17) is 0 Å². The molecule has 0 saturated carbocycles. The average Bonchev–Trinajstić information content (AvgIpc) is 2.31. The van der Waals surface area contributed by atoms with Crippen LogP contribution in [0.25, 0.3) is 0 Å². The van der Waals surface area contributed by atoms with Crippen LogP contribution in [0.3, 0.4) is 0 Å². The number of hydrogen-bond acceptors (Lipinski definition) is 2. The summed E-state index contributed by atoms with van der Waals surface area (Å²) in [6.07, 6.45) is 1.38. The fourth-order valence-corrected chi connectivity index (χ4v) is 2.05. The fraction of sp³-hybridized carbons (Fsp3) is 0.364. The molecule has 0 amide bonds. The van der Waals surface area contributed by atoms with Gasteiger partial charge >= 0.3 is 0 Å². The SMILES string of the molecule is CCN(C=NS(=O)(=O)c1ccccc1)CC. The van der Waals surface area contributed by atoms with Crippen LogP contribution in [0.2, 0.25) is 0 Å². The van der Waals surface area contributed by atoms with E-state index in [9.17, 15) is 8.42 Å². The molecule has 0 saturated heterocycles. The summed E-state index contributed by atoms with van der Waals surface area (Å²) in [4.78, 5) is 2.04. The predicted octanol–water partition coefficient (Wildman–Crippen LogP) is 1.75. The van der Waals surface area contributed by atoms with Crippen LogP contribution in [0.5, 0.6) is 0 Å². The molecule has 0 spiro atoms. The van der Waals surface area contributed by atoms with Crippen molar-refractivity contribution in [1.29, 1.82) is 0 Å². The van der Waals surface area contributed by atoms with Gasteiger partial charge in [-0.05, 0) is 26.0 Å². The minimum Gasteiger partial charge on any atom is -0.362 e. The summed E-state index contributed by atoms with van der Waals surface area (Å²) in [6, 6.07) is 8.20. The Hall–Kier alpha value is -1.36. The second-order valence-corrected chi connectivity index (χ2v) is 4.86. The van der Waals surface area contributed by atoms with E-state index in [1.54, 1.807) is 18.2 Å². The third-order valence-corrected chi connectivity index (χ3v) is 3.44. The van der Waals surface area contributed by atoms with Crippen LogP contribution in [0.15, 0.2) is 39.6 Å². The van der Waals surface area contributed by atoms with Crippen LogP contribution in [0, 0.1) is 0 Å². The molecule has 0 atom stereocenters. The van der Waals surface area contributed by atoms with E-state index >= 15 is 0 Å². The topological polar surface area (TPSA) is 49.7 Å². The molecule has 0 unspecified atom stereocenters. The summed E-state index contributed by atoms with van der Waals surface area (Å²) in [6.45, 7) is 5.38. The predicted molar refractivity (Wildman–Crippen MR) is 65.0 cm³/mol. The molecule has 0 N–H and O–H groups in total. The van der Waals surface area contributed by atoms with E-state index in [0.717, 1.165) is 13.1 Å². The summed E-state index contributed by atoms with van der Waals surface area (Å²) < 4.78 is 27.1. The van der Waals surface area contributed by atoms with E-state index in [2.05, 4.69) is 4.40 Å². The average molecular weight is 240 g/mol. The lowest BCUT2D eigenvalue weighted by molar-refractivity contribution is 0.480. The third kappa shape index (κ3) is 3.34. The molecule has 0 aliphatic rings. The molecule has 0 aliphatic carbocycles. The van der Waals surface area contributed by atoms with Gasteiger partial charge in [-0.15, -0.1) is 4.40 Å². The normalized spacial score (nSPS) is 11.9. The third-order valence-electron chi connectivity index (χ3n) is 2.20. The highest BCUT2D eigenvalue weighted by Gasteiger charge is 2.10. The lowest BCUT2D eigenvalue weighted by Gasteiger charge is -2.13. The molecule has 4 nitrogen and oxygen atoms in total. The molecular formula is C11H16N2O2S. The second-order valence-electron chi connectivity index (χ2n) is 3.23. The first-order chi connectivity index (χ1) is 7.60. The Morgan fingerprint density at radius 2 is 1.75 bits per heavy atom. The molecule has 88 valence electrons. The van der Waals surface area contributed by atoms with E-state index in [1.807, 2.05) is 18.7 Å². The molecule has 16 heavy (non-hydrogen) atoms. The maximum atomic E-state index is 11.7. The lowest BCUT2D eigenvalue weighted by atomic mass is 10.4. The van der Waals surface area contributed by atoms with E-state index < -0.39 is 10.0 Å².